The first kappa shape index (κ1) is 15.6. The highest BCUT2D eigenvalue weighted by molar-refractivity contribution is 6.00. The number of nitrogens with zero attached hydrogens (tertiary/aromatic N) is 1. The molecule has 0 radical (unpaired) electrons. The van der Waals surface area contributed by atoms with Gasteiger partial charge >= 0.3 is 5.97 Å². The lowest BCUT2D eigenvalue weighted by atomic mass is 9.89. The number of aromatic carboxylic acids is 1. The monoisotopic (exact) mass is 292 g/mol. The van der Waals surface area contributed by atoms with E-state index < -0.39 is 5.97 Å². The number of hydrogen-bond donors (Lipinski definition) is 2. The summed E-state index contributed by atoms with van der Waals surface area (Å²) in [5.41, 5.74) is 1.78. The second-order valence-corrected chi connectivity index (χ2v) is 6.12. The lowest BCUT2D eigenvalue weighted by Crippen LogP contribution is -2.33. The van der Waals surface area contributed by atoms with Crippen LogP contribution in [0.3, 0.4) is 0 Å². The number of aryl methyl sites for hydroxylation is 1. The zero-order chi connectivity index (χ0) is 15.6. The highest BCUT2D eigenvalue weighted by Gasteiger charge is 2.25. The van der Waals surface area contributed by atoms with Gasteiger partial charge in [-0.1, -0.05) is 19.3 Å². The fraction of sp³-hybridized carbons (Fsp3) is 0.625. The molecule has 0 aromatic carbocycles. The Morgan fingerprint density at radius 1 is 1.24 bits per heavy atom. The van der Waals surface area contributed by atoms with E-state index in [4.69, 9.17) is 5.11 Å². The number of aromatic nitrogens is 1. The molecule has 1 saturated carbocycles. The summed E-state index contributed by atoms with van der Waals surface area (Å²) in [7, 11) is 1.81. The minimum absolute atomic E-state index is 0.0840. The molecule has 1 amide bonds. The molecule has 1 fully saturated rings. The highest BCUT2D eigenvalue weighted by atomic mass is 16.4. The maximum absolute atomic E-state index is 12.6. The van der Waals surface area contributed by atoms with Crippen molar-refractivity contribution in [1.82, 2.24) is 9.88 Å². The van der Waals surface area contributed by atoms with Crippen molar-refractivity contribution in [1.29, 1.82) is 0 Å². The Balaban J connectivity index is 2.13. The second-order valence-electron chi connectivity index (χ2n) is 6.12. The molecule has 0 aliphatic heterocycles. The van der Waals surface area contributed by atoms with Crippen LogP contribution < -0.4 is 0 Å². The topological polar surface area (TPSA) is 73.4 Å². The number of rotatable bonds is 4. The van der Waals surface area contributed by atoms with E-state index in [-0.39, 0.29) is 11.6 Å². The Hall–Kier alpha value is -1.78. The number of carbonyl (C=O) groups excluding carboxylic acids is 1. The van der Waals surface area contributed by atoms with Gasteiger partial charge in [0.15, 0.2) is 0 Å². The standard InChI is InChI=1S/C16H24N2O3/c1-10-13(11(2)17-14(10)16(20)21)15(19)18(3)9-12-7-5-4-6-8-12/h12,17H,4-9H2,1-3H3,(H,20,21). The van der Waals surface area contributed by atoms with E-state index in [2.05, 4.69) is 4.98 Å². The van der Waals surface area contributed by atoms with Crippen molar-refractivity contribution in [3.05, 3.63) is 22.5 Å². The van der Waals surface area contributed by atoms with Gasteiger partial charge in [-0.05, 0) is 38.2 Å². The summed E-state index contributed by atoms with van der Waals surface area (Å²) in [5, 5.41) is 9.13. The second kappa shape index (κ2) is 6.33. The molecule has 0 bridgehead atoms. The number of H-pyrrole nitrogens is 1. The zero-order valence-electron chi connectivity index (χ0n) is 13.0. The molecule has 116 valence electrons. The Labute approximate surface area is 125 Å². The van der Waals surface area contributed by atoms with Gasteiger partial charge in [0.1, 0.15) is 5.69 Å². The van der Waals surface area contributed by atoms with Crippen LogP contribution in [0.25, 0.3) is 0 Å². The van der Waals surface area contributed by atoms with Gasteiger partial charge in [-0.3, -0.25) is 4.79 Å². The summed E-state index contributed by atoms with van der Waals surface area (Å²) < 4.78 is 0. The van der Waals surface area contributed by atoms with Gasteiger partial charge < -0.3 is 15.0 Å². The third-order valence-corrected chi connectivity index (χ3v) is 4.47. The molecular weight excluding hydrogens is 268 g/mol. The van der Waals surface area contributed by atoms with E-state index in [0.717, 1.165) is 6.54 Å². The molecule has 1 heterocycles. The van der Waals surface area contributed by atoms with Gasteiger partial charge in [-0.2, -0.15) is 0 Å². The van der Waals surface area contributed by atoms with E-state index in [1.807, 2.05) is 7.05 Å². The first-order valence-electron chi connectivity index (χ1n) is 7.59. The van der Waals surface area contributed by atoms with Gasteiger partial charge in [0.2, 0.25) is 0 Å². The minimum Gasteiger partial charge on any atom is -0.477 e. The summed E-state index contributed by atoms with van der Waals surface area (Å²) >= 11 is 0. The fourth-order valence-corrected chi connectivity index (χ4v) is 3.32. The average molecular weight is 292 g/mol. The van der Waals surface area contributed by atoms with Gasteiger partial charge in [0.25, 0.3) is 5.91 Å². The van der Waals surface area contributed by atoms with Crippen LogP contribution in [0, 0.1) is 19.8 Å². The van der Waals surface area contributed by atoms with E-state index >= 15 is 0 Å². The maximum atomic E-state index is 12.6. The maximum Gasteiger partial charge on any atom is 0.352 e. The quantitative estimate of drug-likeness (QED) is 0.896. The van der Waals surface area contributed by atoms with Crippen molar-refractivity contribution in [3.63, 3.8) is 0 Å². The first-order chi connectivity index (χ1) is 9.91. The molecule has 0 spiro atoms. The SMILES string of the molecule is Cc1[nH]c(C(=O)O)c(C)c1C(=O)N(C)CC1CCCCC1. The number of carbonyl (C=O) groups is 2. The summed E-state index contributed by atoms with van der Waals surface area (Å²) in [6, 6.07) is 0. The molecule has 1 aliphatic carbocycles. The molecule has 1 aliphatic rings. The fourth-order valence-electron chi connectivity index (χ4n) is 3.32. The van der Waals surface area contributed by atoms with Crippen molar-refractivity contribution < 1.29 is 14.7 Å². The van der Waals surface area contributed by atoms with Crippen LogP contribution in [0.4, 0.5) is 0 Å². The van der Waals surface area contributed by atoms with E-state index in [1.165, 1.54) is 32.1 Å². The van der Waals surface area contributed by atoms with Crippen LogP contribution in [0.15, 0.2) is 0 Å². The number of nitrogens with one attached hydrogen (secondary N) is 1. The predicted octanol–water partition coefficient (Wildman–Crippen LogP) is 2.98. The van der Waals surface area contributed by atoms with E-state index in [1.54, 1.807) is 18.7 Å². The van der Waals surface area contributed by atoms with Gasteiger partial charge in [0, 0.05) is 19.3 Å². The molecule has 0 saturated heterocycles. The molecular formula is C16H24N2O3. The van der Waals surface area contributed by atoms with Crippen molar-refractivity contribution in [2.24, 2.45) is 5.92 Å². The summed E-state index contributed by atoms with van der Waals surface area (Å²) in [5.74, 6) is -0.532. The van der Waals surface area contributed by atoms with Crippen LogP contribution in [-0.2, 0) is 0 Å². The largest absolute Gasteiger partial charge is 0.477 e. The van der Waals surface area contributed by atoms with Crippen LogP contribution in [0.2, 0.25) is 0 Å². The minimum atomic E-state index is -1.02. The molecule has 5 nitrogen and oxygen atoms in total. The molecule has 0 atom stereocenters. The molecule has 1 aromatic heterocycles. The van der Waals surface area contributed by atoms with Gasteiger partial charge in [-0.25, -0.2) is 4.79 Å². The van der Waals surface area contributed by atoms with Crippen LogP contribution >= 0.6 is 0 Å². The van der Waals surface area contributed by atoms with Crippen LogP contribution in [0.1, 0.15) is 64.2 Å². The first-order valence-corrected chi connectivity index (χ1v) is 7.59. The molecule has 2 N–H and O–H groups in total. The lowest BCUT2D eigenvalue weighted by molar-refractivity contribution is 0.0690. The molecule has 0 unspecified atom stereocenters. The van der Waals surface area contributed by atoms with Crippen molar-refractivity contribution in [3.8, 4) is 0 Å². The summed E-state index contributed by atoms with van der Waals surface area (Å²) in [6.07, 6.45) is 6.16. The highest BCUT2D eigenvalue weighted by Crippen LogP contribution is 2.25. The Morgan fingerprint density at radius 3 is 2.38 bits per heavy atom. The molecule has 5 heteroatoms. The number of hydrogen-bond acceptors (Lipinski definition) is 2. The van der Waals surface area contributed by atoms with Gasteiger partial charge in [0.05, 0.1) is 5.56 Å². The predicted molar refractivity (Wildman–Crippen MR) is 80.8 cm³/mol. The third-order valence-electron chi connectivity index (χ3n) is 4.47. The van der Waals surface area contributed by atoms with E-state index in [9.17, 15) is 9.59 Å². The van der Waals surface area contributed by atoms with Gasteiger partial charge in [-0.15, -0.1) is 0 Å². The number of amides is 1. The molecule has 21 heavy (non-hydrogen) atoms. The van der Waals surface area contributed by atoms with Crippen molar-refractivity contribution in [2.45, 2.75) is 46.0 Å². The number of carboxylic acid groups (broad SMARTS) is 1. The van der Waals surface area contributed by atoms with Crippen LogP contribution in [-0.4, -0.2) is 40.5 Å². The normalized spacial score (nSPS) is 16.0. The Morgan fingerprint density at radius 2 is 1.86 bits per heavy atom. The number of carboxylic acids is 1. The van der Waals surface area contributed by atoms with E-state index in [0.29, 0.717) is 22.7 Å². The van der Waals surface area contributed by atoms with Crippen LogP contribution in [0.5, 0.6) is 0 Å². The number of aromatic amines is 1. The average Bonchev–Trinajstić information content (AvgIpc) is 2.74. The smallest absolute Gasteiger partial charge is 0.352 e. The zero-order valence-corrected chi connectivity index (χ0v) is 13.0. The Kier molecular flexibility index (Phi) is 4.70. The molecule has 1 aromatic rings. The van der Waals surface area contributed by atoms with Crippen molar-refractivity contribution >= 4 is 11.9 Å². The summed E-state index contributed by atoms with van der Waals surface area (Å²) in [4.78, 5) is 28.3. The summed E-state index contributed by atoms with van der Waals surface area (Å²) in [6.45, 7) is 4.20. The lowest BCUT2D eigenvalue weighted by Gasteiger charge is -2.27. The molecule has 2 rings (SSSR count). The Bertz CT molecular complexity index is 542. The third kappa shape index (κ3) is 3.28. The van der Waals surface area contributed by atoms with Crippen molar-refractivity contribution in [2.75, 3.05) is 13.6 Å².